The Morgan fingerprint density at radius 2 is 2.05 bits per heavy atom. The van der Waals surface area contributed by atoms with E-state index in [1.54, 1.807) is 6.92 Å². The van der Waals surface area contributed by atoms with Crippen LogP contribution in [0.2, 0.25) is 0 Å². The van der Waals surface area contributed by atoms with Gasteiger partial charge in [0, 0.05) is 46.7 Å². The quantitative estimate of drug-likeness (QED) is 0.670. The summed E-state index contributed by atoms with van der Waals surface area (Å²) in [4.78, 5) is 9.65. The summed E-state index contributed by atoms with van der Waals surface area (Å²) in [5.41, 5.74) is -2.00. The molecule has 2 unspecified atom stereocenters. The topological polar surface area (TPSA) is 72.2 Å². The van der Waals surface area contributed by atoms with Gasteiger partial charge in [-0.2, -0.15) is 13.2 Å². The molecule has 0 bridgehead atoms. The van der Waals surface area contributed by atoms with Crippen LogP contribution < -0.4 is 5.32 Å². The van der Waals surface area contributed by atoms with Crippen molar-refractivity contribution in [2.45, 2.75) is 19.1 Å². The predicted molar refractivity (Wildman–Crippen MR) is 70.1 cm³/mol. The average Bonchev–Trinajstić information content (AvgIpc) is 2.26. The van der Waals surface area contributed by atoms with Gasteiger partial charge in [0.15, 0.2) is 0 Å². The van der Waals surface area contributed by atoms with Crippen LogP contribution >= 0.6 is 0 Å². The largest absolute Gasteiger partial charge is 0.418 e. The van der Waals surface area contributed by atoms with Crippen molar-refractivity contribution in [1.29, 1.82) is 0 Å². The zero-order valence-electron chi connectivity index (χ0n) is 10.7. The summed E-state index contributed by atoms with van der Waals surface area (Å²) >= 11 is 0. The fourth-order valence-corrected chi connectivity index (χ4v) is 2.45. The van der Waals surface area contributed by atoms with Gasteiger partial charge in [-0.1, -0.05) is 0 Å². The van der Waals surface area contributed by atoms with Crippen molar-refractivity contribution in [3.05, 3.63) is 33.9 Å². The Bertz CT molecular complexity index is 534. The fraction of sp³-hybridized carbons (Fsp3) is 0.455. The van der Waals surface area contributed by atoms with Crippen molar-refractivity contribution in [2.24, 2.45) is 0 Å². The molecule has 0 aliphatic carbocycles. The predicted octanol–water partition coefficient (Wildman–Crippen LogP) is 2.79. The molecule has 0 aliphatic rings. The molecule has 0 fully saturated rings. The normalized spacial score (nSPS) is 14.7. The smallest absolute Gasteiger partial charge is 0.381 e. The second-order valence-electron chi connectivity index (χ2n) is 4.27. The third-order valence-electron chi connectivity index (χ3n) is 2.41. The van der Waals surface area contributed by atoms with Gasteiger partial charge in [-0.3, -0.25) is 14.3 Å². The van der Waals surface area contributed by atoms with Gasteiger partial charge in [0.1, 0.15) is 0 Å². The van der Waals surface area contributed by atoms with E-state index in [0.717, 1.165) is 12.1 Å². The zero-order chi connectivity index (χ0) is 15.5. The van der Waals surface area contributed by atoms with Crippen LogP contribution in [0.5, 0.6) is 0 Å². The van der Waals surface area contributed by atoms with E-state index in [4.69, 9.17) is 0 Å². The van der Waals surface area contributed by atoms with Gasteiger partial charge in [0.2, 0.25) is 0 Å². The summed E-state index contributed by atoms with van der Waals surface area (Å²) in [5.74, 6) is 0.175. The van der Waals surface area contributed by atoms with Crippen molar-refractivity contribution in [2.75, 3.05) is 17.3 Å². The molecule has 0 radical (unpaired) electrons. The highest BCUT2D eigenvalue weighted by Crippen LogP contribution is 2.37. The minimum atomic E-state index is -4.71. The van der Waals surface area contributed by atoms with Gasteiger partial charge in [-0.05, 0) is 13.0 Å². The first-order valence-corrected chi connectivity index (χ1v) is 7.26. The van der Waals surface area contributed by atoms with Crippen molar-refractivity contribution in [3.63, 3.8) is 0 Å². The maximum atomic E-state index is 12.9. The molecule has 0 saturated heterocycles. The number of halogens is 3. The van der Waals surface area contributed by atoms with E-state index in [1.807, 2.05) is 0 Å². The number of hydrogen-bond donors (Lipinski definition) is 1. The number of benzene rings is 1. The minimum Gasteiger partial charge on any atom is -0.381 e. The number of nitrogens with one attached hydrogen (secondary N) is 1. The molecule has 20 heavy (non-hydrogen) atoms. The van der Waals surface area contributed by atoms with Crippen molar-refractivity contribution in [3.8, 4) is 0 Å². The molecule has 0 aliphatic heterocycles. The Morgan fingerprint density at radius 1 is 1.45 bits per heavy atom. The first-order chi connectivity index (χ1) is 9.11. The second-order valence-corrected chi connectivity index (χ2v) is 5.75. The Labute approximate surface area is 115 Å². The van der Waals surface area contributed by atoms with Crippen LogP contribution in [0.4, 0.5) is 24.5 Å². The standard InChI is InChI=1S/C11H13F3N2O3S/c1-7(6-20(2)19)15-10-4-3-8(16(17)18)5-9(10)11(12,13)14/h3-5,7,15H,6H2,1-2H3. The highest BCUT2D eigenvalue weighted by atomic mass is 32.2. The molecule has 9 heteroatoms. The molecule has 1 rings (SSSR count). The summed E-state index contributed by atoms with van der Waals surface area (Å²) in [6.45, 7) is 1.59. The van der Waals surface area contributed by atoms with Gasteiger partial charge in [0.25, 0.3) is 5.69 Å². The van der Waals surface area contributed by atoms with E-state index < -0.39 is 39.2 Å². The van der Waals surface area contributed by atoms with E-state index in [-0.39, 0.29) is 11.4 Å². The molecule has 112 valence electrons. The third kappa shape index (κ3) is 4.48. The molecule has 1 aromatic carbocycles. The highest BCUT2D eigenvalue weighted by molar-refractivity contribution is 7.84. The van der Waals surface area contributed by atoms with Gasteiger partial charge in [-0.15, -0.1) is 0 Å². The fourth-order valence-electron chi connectivity index (χ4n) is 1.67. The Balaban J connectivity index is 3.12. The first-order valence-electron chi connectivity index (χ1n) is 5.53. The lowest BCUT2D eigenvalue weighted by Crippen LogP contribution is -2.24. The van der Waals surface area contributed by atoms with E-state index in [0.29, 0.717) is 6.07 Å². The maximum Gasteiger partial charge on any atom is 0.418 e. The van der Waals surface area contributed by atoms with Gasteiger partial charge in [-0.25, -0.2) is 0 Å². The second kappa shape index (κ2) is 6.21. The number of nitro groups is 1. The molecule has 0 saturated carbocycles. The zero-order valence-corrected chi connectivity index (χ0v) is 11.5. The number of hydrogen-bond acceptors (Lipinski definition) is 4. The summed E-state index contributed by atoms with van der Waals surface area (Å²) < 4.78 is 49.7. The van der Waals surface area contributed by atoms with Gasteiger partial charge >= 0.3 is 6.18 Å². The average molecular weight is 310 g/mol. The van der Waals surface area contributed by atoms with E-state index in [9.17, 15) is 27.5 Å². The molecule has 1 N–H and O–H groups in total. The molecule has 0 spiro atoms. The van der Waals surface area contributed by atoms with E-state index >= 15 is 0 Å². The number of nitrogens with zero attached hydrogens (tertiary/aromatic N) is 1. The lowest BCUT2D eigenvalue weighted by Gasteiger charge is -2.18. The lowest BCUT2D eigenvalue weighted by atomic mass is 10.1. The SMILES string of the molecule is CC(CS(C)=O)Nc1ccc([N+](=O)[O-])cc1C(F)(F)F. The molecule has 0 aromatic heterocycles. The number of non-ortho nitro benzene ring substituents is 1. The Kier molecular flexibility index (Phi) is 5.09. The monoisotopic (exact) mass is 310 g/mol. The first kappa shape index (κ1) is 16.4. The van der Waals surface area contributed by atoms with E-state index in [2.05, 4.69) is 5.32 Å². The minimum absolute atomic E-state index is 0.175. The lowest BCUT2D eigenvalue weighted by molar-refractivity contribution is -0.385. The van der Waals surface area contributed by atoms with Crippen LogP contribution in [0.3, 0.4) is 0 Å². The number of alkyl halides is 3. The molecular weight excluding hydrogens is 297 g/mol. The number of anilines is 1. The van der Waals surface area contributed by atoms with Gasteiger partial charge < -0.3 is 5.32 Å². The molecule has 1 aromatic rings. The van der Waals surface area contributed by atoms with Crippen LogP contribution in [0.15, 0.2) is 18.2 Å². The number of nitro benzene ring substituents is 1. The Morgan fingerprint density at radius 3 is 2.50 bits per heavy atom. The molecule has 0 heterocycles. The van der Waals surface area contributed by atoms with Crippen LogP contribution in [0, 0.1) is 10.1 Å². The maximum absolute atomic E-state index is 12.9. The summed E-state index contributed by atoms with van der Waals surface area (Å²) in [6.07, 6.45) is -3.27. The molecular formula is C11H13F3N2O3S. The van der Waals surface area contributed by atoms with Crippen LogP contribution in [0.1, 0.15) is 12.5 Å². The molecule has 5 nitrogen and oxygen atoms in total. The van der Waals surface area contributed by atoms with Crippen LogP contribution in [-0.4, -0.2) is 27.2 Å². The van der Waals surface area contributed by atoms with Gasteiger partial charge in [0.05, 0.1) is 10.5 Å². The van der Waals surface area contributed by atoms with Crippen LogP contribution in [0.25, 0.3) is 0 Å². The summed E-state index contributed by atoms with van der Waals surface area (Å²) in [7, 11) is -1.16. The molecule has 0 amide bonds. The molecule has 2 atom stereocenters. The van der Waals surface area contributed by atoms with Crippen molar-refractivity contribution >= 4 is 22.2 Å². The third-order valence-corrected chi connectivity index (χ3v) is 3.38. The van der Waals surface area contributed by atoms with E-state index in [1.165, 1.54) is 6.26 Å². The highest BCUT2D eigenvalue weighted by Gasteiger charge is 2.35. The summed E-state index contributed by atoms with van der Waals surface area (Å²) in [5, 5.41) is 13.1. The van der Waals surface area contributed by atoms with Crippen molar-refractivity contribution in [1.82, 2.24) is 0 Å². The van der Waals surface area contributed by atoms with Crippen molar-refractivity contribution < 1.29 is 22.3 Å². The Hall–Kier alpha value is -1.64. The number of rotatable bonds is 5. The van der Waals surface area contributed by atoms with Crippen LogP contribution in [-0.2, 0) is 17.0 Å². The summed E-state index contributed by atoms with van der Waals surface area (Å²) in [6, 6.07) is 2.03.